The SMILES string of the molecule is CCOc1cccc(CNCCCN2CCCC2=O)c1OCc1ccc(Cl)cc1Cl. The Morgan fingerprint density at radius 2 is 2.00 bits per heavy atom. The van der Waals surface area contributed by atoms with Gasteiger partial charge in [0.25, 0.3) is 0 Å². The number of hydrogen-bond acceptors (Lipinski definition) is 4. The molecule has 0 radical (unpaired) electrons. The van der Waals surface area contributed by atoms with Gasteiger partial charge in [-0.25, -0.2) is 0 Å². The number of hydrogen-bond donors (Lipinski definition) is 1. The van der Waals surface area contributed by atoms with E-state index in [0.717, 1.165) is 43.6 Å². The number of benzene rings is 2. The van der Waals surface area contributed by atoms with E-state index in [-0.39, 0.29) is 5.91 Å². The molecular formula is C23H28Cl2N2O3. The van der Waals surface area contributed by atoms with E-state index in [1.54, 1.807) is 12.1 Å². The smallest absolute Gasteiger partial charge is 0.222 e. The van der Waals surface area contributed by atoms with Gasteiger partial charge in [0.15, 0.2) is 11.5 Å². The first-order valence-electron chi connectivity index (χ1n) is 10.4. The van der Waals surface area contributed by atoms with E-state index >= 15 is 0 Å². The van der Waals surface area contributed by atoms with Crippen molar-refractivity contribution >= 4 is 29.1 Å². The average Bonchev–Trinajstić information content (AvgIpc) is 3.13. The second kappa shape index (κ2) is 11.4. The highest BCUT2D eigenvalue weighted by Gasteiger charge is 2.19. The third-order valence-electron chi connectivity index (χ3n) is 5.02. The molecule has 0 aromatic heterocycles. The molecule has 162 valence electrons. The summed E-state index contributed by atoms with van der Waals surface area (Å²) in [5.74, 6) is 1.70. The normalized spacial score (nSPS) is 13.7. The van der Waals surface area contributed by atoms with Gasteiger partial charge >= 0.3 is 0 Å². The van der Waals surface area contributed by atoms with Crippen molar-refractivity contribution in [2.24, 2.45) is 0 Å². The molecule has 5 nitrogen and oxygen atoms in total. The number of rotatable bonds is 11. The number of para-hydroxylation sites is 1. The van der Waals surface area contributed by atoms with Gasteiger partial charge in [-0.3, -0.25) is 4.79 Å². The van der Waals surface area contributed by atoms with Crippen molar-refractivity contribution in [3.05, 3.63) is 57.6 Å². The van der Waals surface area contributed by atoms with E-state index in [1.165, 1.54) is 0 Å². The van der Waals surface area contributed by atoms with Gasteiger partial charge < -0.3 is 19.7 Å². The Morgan fingerprint density at radius 1 is 1.13 bits per heavy atom. The molecule has 0 bridgehead atoms. The van der Waals surface area contributed by atoms with E-state index in [0.29, 0.717) is 47.7 Å². The molecule has 1 saturated heterocycles. The highest BCUT2D eigenvalue weighted by atomic mass is 35.5. The summed E-state index contributed by atoms with van der Waals surface area (Å²) in [4.78, 5) is 13.6. The Bertz CT molecular complexity index is 860. The number of likely N-dealkylation sites (tertiary alicyclic amines) is 1. The lowest BCUT2D eigenvalue weighted by atomic mass is 10.1. The predicted molar refractivity (Wildman–Crippen MR) is 121 cm³/mol. The summed E-state index contributed by atoms with van der Waals surface area (Å²) in [5.41, 5.74) is 1.88. The summed E-state index contributed by atoms with van der Waals surface area (Å²) in [6, 6.07) is 11.3. The van der Waals surface area contributed by atoms with Crippen LogP contribution >= 0.6 is 23.2 Å². The summed E-state index contributed by atoms with van der Waals surface area (Å²) in [6.07, 6.45) is 2.60. The summed E-state index contributed by atoms with van der Waals surface area (Å²) in [5, 5.41) is 4.62. The van der Waals surface area contributed by atoms with Crippen molar-refractivity contribution in [1.82, 2.24) is 10.2 Å². The average molecular weight is 451 g/mol. The Labute approximate surface area is 188 Å². The first-order chi connectivity index (χ1) is 14.6. The molecule has 1 amide bonds. The lowest BCUT2D eigenvalue weighted by Gasteiger charge is -2.18. The van der Waals surface area contributed by atoms with Gasteiger partial charge in [0.1, 0.15) is 6.61 Å². The van der Waals surface area contributed by atoms with E-state index in [4.69, 9.17) is 32.7 Å². The number of nitrogens with zero attached hydrogens (tertiary/aromatic N) is 1. The highest BCUT2D eigenvalue weighted by molar-refractivity contribution is 6.35. The molecule has 7 heteroatoms. The third kappa shape index (κ3) is 6.27. The Balaban J connectivity index is 1.59. The van der Waals surface area contributed by atoms with Crippen LogP contribution in [0.4, 0.5) is 0 Å². The van der Waals surface area contributed by atoms with E-state index in [1.807, 2.05) is 36.1 Å². The summed E-state index contributed by atoms with van der Waals surface area (Å²) >= 11 is 12.3. The van der Waals surface area contributed by atoms with Gasteiger partial charge in [-0.15, -0.1) is 0 Å². The molecule has 1 aliphatic heterocycles. The molecule has 0 spiro atoms. The minimum absolute atomic E-state index is 0.274. The first kappa shape index (κ1) is 22.7. The Kier molecular flexibility index (Phi) is 8.67. The zero-order valence-corrected chi connectivity index (χ0v) is 18.8. The standard InChI is InChI=1S/C23H28Cl2N2O3/c1-2-29-21-7-3-6-17(15-26-11-5-13-27-12-4-8-22(27)28)23(21)30-16-18-9-10-19(24)14-20(18)25/h3,6-7,9-10,14,26H,2,4-5,8,11-13,15-16H2,1H3. The van der Waals surface area contributed by atoms with Crippen molar-refractivity contribution in [2.45, 2.75) is 39.3 Å². The molecule has 1 aliphatic rings. The monoisotopic (exact) mass is 450 g/mol. The molecule has 0 aliphatic carbocycles. The van der Waals surface area contributed by atoms with Crippen molar-refractivity contribution in [3.63, 3.8) is 0 Å². The zero-order valence-electron chi connectivity index (χ0n) is 17.3. The summed E-state index contributed by atoms with van der Waals surface area (Å²) in [6.45, 7) is 6.00. The molecule has 0 saturated carbocycles. The van der Waals surface area contributed by atoms with Gasteiger partial charge in [-0.05, 0) is 44.5 Å². The molecule has 1 heterocycles. The van der Waals surface area contributed by atoms with Crippen molar-refractivity contribution in [1.29, 1.82) is 0 Å². The lowest BCUT2D eigenvalue weighted by Crippen LogP contribution is -2.28. The molecule has 2 aromatic carbocycles. The quantitative estimate of drug-likeness (QED) is 0.485. The first-order valence-corrected chi connectivity index (χ1v) is 11.1. The van der Waals surface area contributed by atoms with E-state index in [2.05, 4.69) is 5.32 Å². The van der Waals surface area contributed by atoms with Crippen LogP contribution in [0.1, 0.15) is 37.3 Å². The van der Waals surface area contributed by atoms with Crippen molar-refractivity contribution in [3.8, 4) is 11.5 Å². The minimum atomic E-state index is 0.274. The van der Waals surface area contributed by atoms with Gasteiger partial charge in [-0.2, -0.15) is 0 Å². The molecule has 2 aromatic rings. The number of ether oxygens (including phenoxy) is 2. The third-order valence-corrected chi connectivity index (χ3v) is 5.60. The van der Waals surface area contributed by atoms with Crippen LogP contribution in [-0.4, -0.2) is 37.0 Å². The summed E-state index contributed by atoms with van der Waals surface area (Å²) in [7, 11) is 0. The number of halogens is 2. The van der Waals surface area contributed by atoms with Gasteiger partial charge in [0.2, 0.25) is 5.91 Å². The van der Waals surface area contributed by atoms with Crippen LogP contribution in [0.5, 0.6) is 11.5 Å². The largest absolute Gasteiger partial charge is 0.490 e. The molecule has 1 fully saturated rings. The number of amides is 1. The van der Waals surface area contributed by atoms with Crippen LogP contribution in [0.15, 0.2) is 36.4 Å². The lowest BCUT2D eigenvalue weighted by molar-refractivity contribution is -0.127. The molecular weight excluding hydrogens is 423 g/mol. The number of nitrogens with one attached hydrogen (secondary N) is 1. The summed E-state index contributed by atoms with van der Waals surface area (Å²) < 4.78 is 11.9. The van der Waals surface area contributed by atoms with Gasteiger partial charge in [0, 0.05) is 47.2 Å². The fourth-order valence-corrected chi connectivity index (χ4v) is 3.94. The van der Waals surface area contributed by atoms with E-state index in [9.17, 15) is 4.79 Å². The highest BCUT2D eigenvalue weighted by Crippen LogP contribution is 2.33. The number of carbonyl (C=O) groups excluding carboxylic acids is 1. The minimum Gasteiger partial charge on any atom is -0.490 e. The Hall–Kier alpha value is -1.95. The second-order valence-electron chi connectivity index (χ2n) is 7.22. The van der Waals surface area contributed by atoms with Crippen LogP contribution in [0, 0.1) is 0 Å². The second-order valence-corrected chi connectivity index (χ2v) is 8.06. The fraction of sp³-hybridized carbons (Fsp3) is 0.435. The van der Waals surface area contributed by atoms with Crippen LogP contribution in [-0.2, 0) is 17.9 Å². The van der Waals surface area contributed by atoms with Gasteiger partial charge in [-0.1, -0.05) is 41.4 Å². The van der Waals surface area contributed by atoms with Gasteiger partial charge in [0.05, 0.1) is 6.61 Å². The van der Waals surface area contributed by atoms with Crippen LogP contribution < -0.4 is 14.8 Å². The number of carbonyl (C=O) groups is 1. The van der Waals surface area contributed by atoms with E-state index < -0.39 is 0 Å². The Morgan fingerprint density at radius 3 is 2.73 bits per heavy atom. The molecule has 0 atom stereocenters. The maximum Gasteiger partial charge on any atom is 0.222 e. The molecule has 1 N–H and O–H groups in total. The molecule has 30 heavy (non-hydrogen) atoms. The van der Waals surface area contributed by atoms with Crippen LogP contribution in [0.2, 0.25) is 10.0 Å². The van der Waals surface area contributed by atoms with Crippen molar-refractivity contribution < 1.29 is 14.3 Å². The fourth-order valence-electron chi connectivity index (χ4n) is 3.48. The van der Waals surface area contributed by atoms with Crippen LogP contribution in [0.3, 0.4) is 0 Å². The predicted octanol–water partition coefficient (Wildman–Crippen LogP) is 5.07. The zero-order chi connectivity index (χ0) is 21.3. The maximum absolute atomic E-state index is 11.7. The maximum atomic E-state index is 11.7. The van der Waals surface area contributed by atoms with Crippen molar-refractivity contribution in [2.75, 3.05) is 26.2 Å². The topological polar surface area (TPSA) is 50.8 Å². The molecule has 3 rings (SSSR count). The molecule has 0 unspecified atom stereocenters. The van der Waals surface area contributed by atoms with Crippen LogP contribution in [0.25, 0.3) is 0 Å².